The molecule has 6 nitrogen and oxygen atoms in total. The Kier molecular flexibility index (Phi) is 4.92. The van der Waals surface area contributed by atoms with Gasteiger partial charge in [-0.15, -0.1) is 11.3 Å². The lowest BCUT2D eigenvalue weighted by Crippen LogP contribution is -2.36. The Morgan fingerprint density at radius 2 is 1.95 bits per heavy atom. The van der Waals surface area contributed by atoms with Gasteiger partial charge in [0.25, 0.3) is 0 Å². The highest BCUT2D eigenvalue weighted by Crippen LogP contribution is 2.19. The number of aromatic nitrogens is 1. The van der Waals surface area contributed by atoms with Crippen molar-refractivity contribution < 1.29 is 9.59 Å². The smallest absolute Gasteiger partial charge is 0.321 e. The van der Waals surface area contributed by atoms with E-state index < -0.39 is 0 Å². The fourth-order valence-electron chi connectivity index (χ4n) is 3.07. The molecule has 22 heavy (non-hydrogen) atoms. The van der Waals surface area contributed by atoms with Crippen LogP contribution in [0.15, 0.2) is 5.38 Å². The first-order valence-electron chi connectivity index (χ1n) is 8.00. The molecule has 1 aromatic rings. The van der Waals surface area contributed by atoms with Crippen LogP contribution in [0.25, 0.3) is 0 Å². The minimum atomic E-state index is -0.196. The van der Waals surface area contributed by atoms with E-state index in [9.17, 15) is 9.59 Å². The number of amides is 3. The molecule has 0 unspecified atom stereocenters. The van der Waals surface area contributed by atoms with E-state index in [1.54, 1.807) is 0 Å². The van der Waals surface area contributed by atoms with Crippen LogP contribution in [0, 0.1) is 0 Å². The van der Waals surface area contributed by atoms with E-state index >= 15 is 0 Å². The molecule has 1 saturated heterocycles. The van der Waals surface area contributed by atoms with Crippen molar-refractivity contribution in [3.63, 3.8) is 0 Å². The van der Waals surface area contributed by atoms with E-state index in [-0.39, 0.29) is 18.0 Å². The highest BCUT2D eigenvalue weighted by Gasteiger charge is 2.20. The normalized spacial score (nSPS) is 18.6. The number of nitrogens with one attached hydrogen (secondary N) is 2. The van der Waals surface area contributed by atoms with Crippen LogP contribution in [0.1, 0.15) is 44.2 Å². The number of rotatable bonds is 4. The Morgan fingerprint density at radius 1 is 1.23 bits per heavy atom. The summed E-state index contributed by atoms with van der Waals surface area (Å²) >= 11 is 1.37. The van der Waals surface area contributed by atoms with E-state index in [1.165, 1.54) is 24.2 Å². The maximum atomic E-state index is 12.1. The van der Waals surface area contributed by atoms with E-state index in [4.69, 9.17) is 0 Å². The molecule has 0 bridgehead atoms. The molecule has 1 aliphatic heterocycles. The van der Waals surface area contributed by atoms with Crippen molar-refractivity contribution in [2.45, 2.75) is 51.0 Å². The van der Waals surface area contributed by atoms with Gasteiger partial charge in [-0.05, 0) is 25.7 Å². The van der Waals surface area contributed by atoms with Crippen molar-refractivity contribution in [3.8, 4) is 0 Å². The van der Waals surface area contributed by atoms with Crippen molar-refractivity contribution in [1.29, 1.82) is 0 Å². The van der Waals surface area contributed by atoms with Crippen LogP contribution >= 0.6 is 11.3 Å². The van der Waals surface area contributed by atoms with Crippen LogP contribution in [0.2, 0.25) is 0 Å². The fourth-order valence-corrected chi connectivity index (χ4v) is 3.77. The first-order valence-corrected chi connectivity index (χ1v) is 8.88. The molecule has 2 fully saturated rings. The van der Waals surface area contributed by atoms with Crippen LogP contribution in [-0.2, 0) is 11.2 Å². The van der Waals surface area contributed by atoms with Gasteiger partial charge in [-0.3, -0.25) is 10.1 Å². The number of carbonyl (C=O) groups is 2. The topological polar surface area (TPSA) is 74.3 Å². The van der Waals surface area contributed by atoms with E-state index in [0.717, 1.165) is 44.5 Å². The molecule has 2 aliphatic rings. The molecule has 0 aromatic carbocycles. The zero-order valence-corrected chi connectivity index (χ0v) is 13.5. The van der Waals surface area contributed by atoms with Crippen LogP contribution in [0.4, 0.5) is 9.93 Å². The largest absolute Gasteiger partial charge is 0.342 e. The van der Waals surface area contributed by atoms with Crippen molar-refractivity contribution in [2.24, 2.45) is 0 Å². The third-order valence-electron chi connectivity index (χ3n) is 4.25. The summed E-state index contributed by atoms with van der Waals surface area (Å²) in [5.41, 5.74) is 0.734. The second-order valence-corrected chi connectivity index (χ2v) is 6.85. The summed E-state index contributed by atoms with van der Waals surface area (Å²) in [6.45, 7) is 1.72. The van der Waals surface area contributed by atoms with Crippen molar-refractivity contribution in [1.82, 2.24) is 15.2 Å². The van der Waals surface area contributed by atoms with Crippen LogP contribution < -0.4 is 10.6 Å². The molecule has 0 radical (unpaired) electrons. The van der Waals surface area contributed by atoms with E-state index in [1.807, 2.05) is 10.3 Å². The predicted molar refractivity (Wildman–Crippen MR) is 86.0 cm³/mol. The van der Waals surface area contributed by atoms with Gasteiger partial charge >= 0.3 is 6.03 Å². The number of carbonyl (C=O) groups excluding carboxylic acids is 2. The molecule has 1 saturated carbocycles. The zero-order valence-electron chi connectivity index (χ0n) is 12.6. The average Bonchev–Trinajstić information content (AvgIpc) is 3.20. The molecule has 120 valence electrons. The molecule has 3 amide bonds. The molecule has 7 heteroatoms. The second kappa shape index (κ2) is 7.09. The summed E-state index contributed by atoms with van der Waals surface area (Å²) in [7, 11) is 0. The quantitative estimate of drug-likeness (QED) is 0.894. The van der Waals surface area contributed by atoms with Crippen molar-refractivity contribution in [2.75, 3.05) is 18.4 Å². The van der Waals surface area contributed by atoms with Gasteiger partial charge in [0.15, 0.2) is 5.13 Å². The number of hydrogen-bond acceptors (Lipinski definition) is 4. The molecule has 0 atom stereocenters. The van der Waals surface area contributed by atoms with Gasteiger partial charge in [0.1, 0.15) is 0 Å². The number of thiazole rings is 1. The first-order chi connectivity index (χ1) is 10.7. The third kappa shape index (κ3) is 3.97. The molecule has 2 heterocycles. The van der Waals surface area contributed by atoms with Gasteiger partial charge in [0.05, 0.1) is 12.1 Å². The number of hydrogen-bond donors (Lipinski definition) is 2. The van der Waals surface area contributed by atoms with Gasteiger partial charge < -0.3 is 10.2 Å². The van der Waals surface area contributed by atoms with E-state index in [2.05, 4.69) is 15.6 Å². The second-order valence-electron chi connectivity index (χ2n) is 5.99. The Hall–Kier alpha value is -1.63. The summed E-state index contributed by atoms with van der Waals surface area (Å²) in [4.78, 5) is 30.2. The third-order valence-corrected chi connectivity index (χ3v) is 5.06. The maximum absolute atomic E-state index is 12.1. The summed E-state index contributed by atoms with van der Waals surface area (Å²) in [5.74, 6) is 0.129. The molecular weight excluding hydrogens is 300 g/mol. The molecule has 2 N–H and O–H groups in total. The summed E-state index contributed by atoms with van der Waals surface area (Å²) in [6, 6.07) is 0.0925. The lowest BCUT2D eigenvalue weighted by Gasteiger charge is -2.13. The number of urea groups is 1. The minimum Gasteiger partial charge on any atom is -0.342 e. The van der Waals surface area contributed by atoms with Crippen molar-refractivity contribution in [3.05, 3.63) is 11.1 Å². The van der Waals surface area contributed by atoms with Crippen LogP contribution in [0.3, 0.4) is 0 Å². The minimum absolute atomic E-state index is 0.129. The maximum Gasteiger partial charge on any atom is 0.321 e. The van der Waals surface area contributed by atoms with E-state index in [0.29, 0.717) is 11.6 Å². The number of nitrogens with zero attached hydrogens (tertiary/aromatic N) is 2. The van der Waals surface area contributed by atoms with Gasteiger partial charge in [-0.25, -0.2) is 9.78 Å². The SMILES string of the molecule is O=C(Nc1nc(CC(=O)N2CCCC2)cs1)NC1CCCC1. The molecule has 1 aromatic heterocycles. The zero-order chi connectivity index (χ0) is 15.4. The summed E-state index contributed by atoms with van der Waals surface area (Å²) < 4.78 is 0. The number of likely N-dealkylation sites (tertiary alicyclic amines) is 1. The van der Waals surface area contributed by atoms with Crippen LogP contribution in [-0.4, -0.2) is 41.0 Å². The fraction of sp³-hybridized carbons (Fsp3) is 0.667. The average molecular weight is 322 g/mol. The lowest BCUT2D eigenvalue weighted by atomic mass is 10.3. The Labute approximate surface area is 134 Å². The van der Waals surface area contributed by atoms with Gasteiger partial charge in [-0.2, -0.15) is 0 Å². The van der Waals surface area contributed by atoms with Gasteiger partial charge in [0.2, 0.25) is 5.91 Å². The summed E-state index contributed by atoms with van der Waals surface area (Å²) in [5, 5.41) is 8.13. The lowest BCUT2D eigenvalue weighted by molar-refractivity contribution is -0.129. The van der Waals surface area contributed by atoms with Crippen LogP contribution in [0.5, 0.6) is 0 Å². The van der Waals surface area contributed by atoms with Gasteiger partial charge in [-0.1, -0.05) is 12.8 Å². The van der Waals surface area contributed by atoms with Gasteiger partial charge in [0, 0.05) is 24.5 Å². The monoisotopic (exact) mass is 322 g/mol. The molecule has 1 aliphatic carbocycles. The molecule has 0 spiro atoms. The Balaban J connectivity index is 1.47. The predicted octanol–water partition coefficient (Wildman–Crippen LogP) is 2.37. The Morgan fingerprint density at radius 3 is 2.68 bits per heavy atom. The Bertz CT molecular complexity index is 533. The highest BCUT2D eigenvalue weighted by molar-refractivity contribution is 7.13. The molecule has 3 rings (SSSR count). The van der Waals surface area contributed by atoms with Crippen molar-refractivity contribution >= 4 is 28.4 Å². The first kappa shape index (κ1) is 15.3. The number of anilines is 1. The highest BCUT2D eigenvalue weighted by atomic mass is 32.1. The summed E-state index contributed by atoms with van der Waals surface area (Å²) in [6.07, 6.45) is 6.99. The standard InChI is InChI=1S/C15H22N4O2S/c20-13(19-7-3-4-8-19)9-12-10-22-15(17-12)18-14(21)16-11-5-1-2-6-11/h10-11H,1-9H2,(H2,16,17,18,21). The molecular formula is C15H22N4O2S.